The van der Waals surface area contributed by atoms with Crippen molar-refractivity contribution < 1.29 is 18.3 Å². The van der Waals surface area contributed by atoms with E-state index in [2.05, 4.69) is 0 Å². The van der Waals surface area contributed by atoms with Crippen molar-refractivity contribution in [1.82, 2.24) is 0 Å². The third-order valence-corrected chi connectivity index (χ3v) is 2.67. The van der Waals surface area contributed by atoms with Crippen molar-refractivity contribution in [1.29, 1.82) is 0 Å². The van der Waals surface area contributed by atoms with Crippen LogP contribution in [0.3, 0.4) is 0 Å². The van der Waals surface area contributed by atoms with E-state index in [9.17, 15) is 8.78 Å². The maximum Gasteiger partial charge on any atom is 0.162 e. The molecule has 0 atom stereocenters. The Morgan fingerprint density at radius 1 is 0.800 bits per heavy atom. The van der Waals surface area contributed by atoms with Crippen LogP contribution in [0.1, 0.15) is 5.56 Å². The largest absolute Gasteiger partial charge is 0.490 e. The molecule has 2 aromatic carbocycles. The maximum absolute atomic E-state index is 12.9. The van der Waals surface area contributed by atoms with Gasteiger partial charge in [0, 0.05) is 12.6 Å². The minimum absolute atomic E-state index is 0.240. The molecule has 106 valence electrons. The molecule has 0 saturated heterocycles. The summed E-state index contributed by atoms with van der Waals surface area (Å²) in [4.78, 5) is 0. The highest BCUT2D eigenvalue weighted by Gasteiger charge is 2.03. The van der Waals surface area contributed by atoms with E-state index in [0.717, 1.165) is 17.7 Å². The van der Waals surface area contributed by atoms with E-state index >= 15 is 0 Å². The summed E-state index contributed by atoms with van der Waals surface area (Å²) in [7, 11) is 0. The Morgan fingerprint density at radius 2 is 1.40 bits per heavy atom. The minimum Gasteiger partial charge on any atom is -0.490 e. The molecule has 0 unspecified atom stereocenters. The monoisotopic (exact) mass is 279 g/mol. The molecule has 2 rings (SSSR count). The quantitative estimate of drug-likeness (QED) is 0.827. The predicted molar refractivity (Wildman–Crippen MR) is 71.7 cm³/mol. The van der Waals surface area contributed by atoms with Gasteiger partial charge in [0.2, 0.25) is 0 Å². The van der Waals surface area contributed by atoms with Gasteiger partial charge in [-0.05, 0) is 29.8 Å². The number of rotatable bonds is 6. The fraction of sp³-hybridized carbons (Fsp3) is 0.200. The topological polar surface area (TPSA) is 44.5 Å². The Morgan fingerprint density at radius 3 is 2.00 bits per heavy atom. The molecule has 0 saturated carbocycles. The molecule has 5 heteroatoms. The predicted octanol–water partition coefficient (Wildman–Crippen LogP) is 2.88. The van der Waals surface area contributed by atoms with Crippen LogP contribution >= 0.6 is 0 Å². The number of halogens is 2. The zero-order chi connectivity index (χ0) is 14.4. The van der Waals surface area contributed by atoms with Crippen LogP contribution in [0.25, 0.3) is 0 Å². The fourth-order valence-electron chi connectivity index (χ4n) is 1.61. The highest BCUT2D eigenvalue weighted by atomic mass is 19.2. The van der Waals surface area contributed by atoms with Crippen LogP contribution < -0.4 is 15.2 Å². The Bertz CT molecular complexity index is 558. The average molecular weight is 279 g/mol. The summed E-state index contributed by atoms with van der Waals surface area (Å²) in [6, 6.07) is 10.8. The van der Waals surface area contributed by atoms with Crippen molar-refractivity contribution in [3.8, 4) is 11.5 Å². The summed E-state index contributed by atoms with van der Waals surface area (Å²) in [5, 5.41) is 0. The molecule has 0 aliphatic carbocycles. The molecule has 0 aliphatic heterocycles. The molecule has 0 aliphatic rings. The number of ether oxygens (including phenoxy) is 2. The average Bonchev–Trinajstić information content (AvgIpc) is 2.48. The van der Waals surface area contributed by atoms with E-state index in [4.69, 9.17) is 15.2 Å². The van der Waals surface area contributed by atoms with Gasteiger partial charge in [0.15, 0.2) is 11.6 Å². The third-order valence-electron chi connectivity index (χ3n) is 2.67. The standard InChI is InChI=1S/C15H15F2NO2/c16-14-6-5-13(9-15(14)17)20-8-7-19-12-3-1-11(10-18)2-4-12/h1-6,9H,7-8,10,18H2. The van der Waals surface area contributed by atoms with Crippen LogP contribution in [-0.2, 0) is 6.54 Å². The molecular weight excluding hydrogens is 264 g/mol. The van der Waals surface area contributed by atoms with E-state index < -0.39 is 11.6 Å². The van der Waals surface area contributed by atoms with E-state index in [1.807, 2.05) is 24.3 Å². The highest BCUT2D eigenvalue weighted by molar-refractivity contribution is 5.27. The lowest BCUT2D eigenvalue weighted by atomic mass is 10.2. The molecule has 0 heterocycles. The first-order valence-electron chi connectivity index (χ1n) is 6.18. The summed E-state index contributed by atoms with van der Waals surface area (Å²) in [5.41, 5.74) is 6.51. The van der Waals surface area contributed by atoms with Crippen molar-refractivity contribution in [3.63, 3.8) is 0 Å². The number of hydrogen-bond donors (Lipinski definition) is 1. The van der Waals surface area contributed by atoms with E-state index in [-0.39, 0.29) is 12.4 Å². The fourth-order valence-corrected chi connectivity index (χ4v) is 1.61. The van der Waals surface area contributed by atoms with Gasteiger partial charge in [-0.25, -0.2) is 8.78 Å². The van der Waals surface area contributed by atoms with Gasteiger partial charge in [-0.3, -0.25) is 0 Å². The van der Waals surface area contributed by atoms with Crippen molar-refractivity contribution >= 4 is 0 Å². The molecule has 0 radical (unpaired) electrons. The van der Waals surface area contributed by atoms with Gasteiger partial charge in [0.1, 0.15) is 24.7 Å². The lowest BCUT2D eigenvalue weighted by molar-refractivity contribution is 0.216. The highest BCUT2D eigenvalue weighted by Crippen LogP contribution is 2.15. The van der Waals surface area contributed by atoms with Gasteiger partial charge in [0.05, 0.1) is 0 Å². The molecular formula is C15H15F2NO2. The summed E-state index contributed by atoms with van der Waals surface area (Å²) in [6.07, 6.45) is 0. The van der Waals surface area contributed by atoms with E-state index in [1.54, 1.807) is 0 Å². The van der Waals surface area contributed by atoms with E-state index in [1.165, 1.54) is 6.07 Å². The lowest BCUT2D eigenvalue weighted by Crippen LogP contribution is -2.09. The molecule has 0 fully saturated rings. The minimum atomic E-state index is -0.930. The Hall–Kier alpha value is -2.14. The van der Waals surface area contributed by atoms with Crippen molar-refractivity contribution in [2.75, 3.05) is 13.2 Å². The molecule has 3 nitrogen and oxygen atoms in total. The molecule has 0 bridgehead atoms. The van der Waals surface area contributed by atoms with Crippen molar-refractivity contribution in [2.45, 2.75) is 6.54 Å². The lowest BCUT2D eigenvalue weighted by Gasteiger charge is -2.09. The normalized spacial score (nSPS) is 10.3. The second-order valence-corrected chi connectivity index (χ2v) is 4.12. The van der Waals surface area contributed by atoms with Crippen LogP contribution in [0, 0.1) is 11.6 Å². The number of hydrogen-bond acceptors (Lipinski definition) is 3. The zero-order valence-electron chi connectivity index (χ0n) is 10.8. The number of nitrogens with two attached hydrogens (primary N) is 1. The summed E-state index contributed by atoms with van der Waals surface area (Å²) in [6.45, 7) is 1.03. The first-order valence-corrected chi connectivity index (χ1v) is 6.18. The van der Waals surface area contributed by atoms with Gasteiger partial charge in [0.25, 0.3) is 0 Å². The summed E-state index contributed by atoms with van der Waals surface area (Å²) in [5.74, 6) is -0.851. The van der Waals surface area contributed by atoms with Gasteiger partial charge in [-0.15, -0.1) is 0 Å². The Kier molecular flexibility index (Phi) is 4.90. The Labute approximate surface area is 115 Å². The summed E-state index contributed by atoms with van der Waals surface area (Å²) >= 11 is 0. The smallest absolute Gasteiger partial charge is 0.162 e. The van der Waals surface area contributed by atoms with Gasteiger partial charge >= 0.3 is 0 Å². The second kappa shape index (κ2) is 6.86. The van der Waals surface area contributed by atoms with Crippen molar-refractivity contribution in [3.05, 3.63) is 59.7 Å². The van der Waals surface area contributed by atoms with Gasteiger partial charge in [-0.2, -0.15) is 0 Å². The molecule has 2 N–H and O–H groups in total. The molecule has 20 heavy (non-hydrogen) atoms. The van der Waals surface area contributed by atoms with Gasteiger partial charge < -0.3 is 15.2 Å². The number of benzene rings is 2. The van der Waals surface area contributed by atoms with Crippen molar-refractivity contribution in [2.24, 2.45) is 5.73 Å². The maximum atomic E-state index is 12.9. The van der Waals surface area contributed by atoms with Gasteiger partial charge in [-0.1, -0.05) is 12.1 Å². The summed E-state index contributed by atoms with van der Waals surface area (Å²) < 4.78 is 36.3. The first kappa shape index (κ1) is 14.3. The van der Waals surface area contributed by atoms with Crippen LogP contribution in [0.4, 0.5) is 8.78 Å². The van der Waals surface area contributed by atoms with Crippen LogP contribution in [0.15, 0.2) is 42.5 Å². The van der Waals surface area contributed by atoms with E-state index in [0.29, 0.717) is 18.9 Å². The van der Waals surface area contributed by atoms with Crippen LogP contribution in [0.2, 0.25) is 0 Å². The molecule has 0 aromatic heterocycles. The molecule has 0 amide bonds. The third kappa shape index (κ3) is 3.93. The first-order chi connectivity index (χ1) is 9.69. The van der Waals surface area contributed by atoms with Crippen LogP contribution in [-0.4, -0.2) is 13.2 Å². The van der Waals surface area contributed by atoms with Crippen LogP contribution in [0.5, 0.6) is 11.5 Å². The Balaban J connectivity index is 1.76. The SMILES string of the molecule is NCc1ccc(OCCOc2ccc(F)c(F)c2)cc1. The second-order valence-electron chi connectivity index (χ2n) is 4.12. The molecule has 0 spiro atoms. The molecule has 2 aromatic rings. The zero-order valence-corrected chi connectivity index (χ0v) is 10.8.